The average Bonchev–Trinajstić information content (AvgIpc) is 3.47. The smallest absolute Gasteiger partial charge is 0.149 e. The van der Waals surface area contributed by atoms with Crippen LogP contribution in [0.2, 0.25) is 0 Å². The Kier molecular flexibility index (Phi) is 7.99. The lowest BCUT2D eigenvalue weighted by Crippen LogP contribution is -2.17. The van der Waals surface area contributed by atoms with E-state index in [1.165, 1.54) is 0 Å². The van der Waals surface area contributed by atoms with Crippen molar-refractivity contribution in [3.63, 3.8) is 0 Å². The first-order valence-electron chi connectivity index (χ1n) is 17.0. The molecule has 1 N–H and O–H groups in total. The molecule has 0 bridgehead atoms. The molecule has 2 aromatic heterocycles. The van der Waals surface area contributed by atoms with Gasteiger partial charge >= 0.3 is 0 Å². The van der Waals surface area contributed by atoms with Crippen LogP contribution in [0.25, 0.3) is 61.6 Å². The number of pyridine rings is 1. The zero-order chi connectivity index (χ0) is 34.5. The molecule has 0 radical (unpaired) electrons. The molecule has 5 aromatic carbocycles. The molecule has 2 heterocycles. The van der Waals surface area contributed by atoms with Crippen molar-refractivity contribution in [2.75, 3.05) is 0 Å². The molecule has 0 saturated carbocycles. The maximum Gasteiger partial charge on any atom is 0.149 e. The summed E-state index contributed by atoms with van der Waals surface area (Å²) in [5, 5.41) is 12.2. The Hall–Kier alpha value is -5.48. The fourth-order valence-electron chi connectivity index (χ4n) is 6.72. The number of aromatic hydroxyl groups is 1. The summed E-state index contributed by atoms with van der Waals surface area (Å²) in [7, 11) is 0. The number of phenols is 1. The average molecular weight is 642 g/mol. The molecule has 7 aromatic rings. The van der Waals surface area contributed by atoms with Crippen LogP contribution in [0.3, 0.4) is 0 Å². The summed E-state index contributed by atoms with van der Waals surface area (Å²) in [6.07, 6.45) is 1.83. The number of aromatic nitrogens is 3. The van der Waals surface area contributed by atoms with Crippen molar-refractivity contribution < 1.29 is 5.11 Å². The minimum atomic E-state index is -0.284. The van der Waals surface area contributed by atoms with E-state index in [2.05, 4.69) is 155 Å². The van der Waals surface area contributed by atoms with Crippen LogP contribution in [0.15, 0.2) is 128 Å². The van der Waals surface area contributed by atoms with Gasteiger partial charge in [-0.15, -0.1) is 0 Å². The highest BCUT2D eigenvalue weighted by molar-refractivity contribution is 5.97. The van der Waals surface area contributed by atoms with E-state index in [0.717, 1.165) is 72.5 Å². The van der Waals surface area contributed by atoms with Crippen molar-refractivity contribution >= 4 is 11.0 Å². The van der Waals surface area contributed by atoms with Gasteiger partial charge in [-0.05, 0) is 82.5 Å². The highest BCUT2D eigenvalue weighted by Gasteiger charge is 2.29. The summed E-state index contributed by atoms with van der Waals surface area (Å²) in [6, 6.07) is 42.3. The number of para-hydroxylation sites is 2. The first-order valence-corrected chi connectivity index (χ1v) is 17.0. The van der Waals surface area contributed by atoms with Gasteiger partial charge in [0.25, 0.3) is 0 Å². The third-order valence-electron chi connectivity index (χ3n) is 9.29. The van der Waals surface area contributed by atoms with E-state index in [1.54, 1.807) is 0 Å². The summed E-state index contributed by atoms with van der Waals surface area (Å²) in [5.74, 6) is 0.973. The lowest BCUT2D eigenvalue weighted by Gasteiger charge is -2.27. The molecular weight excluding hydrogens is 599 g/mol. The zero-order valence-electron chi connectivity index (χ0n) is 29.4. The monoisotopic (exact) mass is 641 g/mol. The number of hydrogen-bond acceptors (Lipinski definition) is 3. The molecule has 7 rings (SSSR count). The summed E-state index contributed by atoms with van der Waals surface area (Å²) >= 11 is 0. The van der Waals surface area contributed by atoms with Gasteiger partial charge in [0.05, 0.1) is 28.0 Å². The maximum absolute atomic E-state index is 12.2. The van der Waals surface area contributed by atoms with E-state index < -0.39 is 0 Å². The Bertz CT molecular complexity index is 2300. The van der Waals surface area contributed by atoms with Crippen molar-refractivity contribution in [2.24, 2.45) is 0 Å². The quantitative estimate of drug-likeness (QED) is 0.203. The van der Waals surface area contributed by atoms with Crippen molar-refractivity contribution in [1.82, 2.24) is 14.5 Å². The van der Waals surface area contributed by atoms with Crippen LogP contribution in [-0.2, 0) is 10.8 Å². The first-order chi connectivity index (χ1) is 23.4. The minimum absolute atomic E-state index is 0.143. The molecular formula is C45H43N3O. The molecule has 0 spiro atoms. The molecule has 4 nitrogen and oxygen atoms in total. The van der Waals surface area contributed by atoms with Crippen molar-refractivity contribution in [3.05, 3.63) is 144 Å². The zero-order valence-corrected chi connectivity index (χ0v) is 29.4. The predicted molar refractivity (Wildman–Crippen MR) is 204 cm³/mol. The summed E-state index contributed by atoms with van der Waals surface area (Å²) in [6.45, 7) is 15.2. The van der Waals surface area contributed by atoms with Gasteiger partial charge in [0.15, 0.2) is 0 Å². The maximum atomic E-state index is 12.2. The molecule has 244 valence electrons. The molecule has 49 heavy (non-hydrogen) atoms. The van der Waals surface area contributed by atoms with Crippen LogP contribution in [0.1, 0.15) is 58.2 Å². The minimum Gasteiger partial charge on any atom is -0.507 e. The Morgan fingerprint density at radius 3 is 2.00 bits per heavy atom. The van der Waals surface area contributed by atoms with Crippen LogP contribution in [0.5, 0.6) is 5.75 Å². The van der Waals surface area contributed by atoms with E-state index in [-0.39, 0.29) is 16.6 Å². The fourth-order valence-corrected chi connectivity index (χ4v) is 6.72. The third-order valence-corrected chi connectivity index (χ3v) is 9.29. The largest absolute Gasteiger partial charge is 0.507 e. The first kappa shape index (κ1) is 32.1. The Labute approximate surface area is 289 Å². The number of fused-ring (bicyclic) bond motifs is 1. The number of benzene rings is 5. The number of imidazole rings is 1. The molecule has 0 fully saturated rings. The summed E-state index contributed by atoms with van der Waals surface area (Å²) in [4.78, 5) is 10.1. The number of nitrogens with zero attached hydrogens (tertiary/aromatic N) is 3. The third kappa shape index (κ3) is 6.04. The van der Waals surface area contributed by atoms with Crippen LogP contribution >= 0.6 is 0 Å². The Balaban J connectivity index is 1.59. The summed E-state index contributed by atoms with van der Waals surface area (Å²) in [5.41, 5.74) is 12.6. The predicted octanol–water partition coefficient (Wildman–Crippen LogP) is 11.7. The van der Waals surface area contributed by atoms with E-state index in [4.69, 9.17) is 4.98 Å². The number of rotatable bonds is 5. The molecule has 0 aliphatic carbocycles. The molecule has 0 unspecified atom stereocenters. The van der Waals surface area contributed by atoms with Crippen LogP contribution in [0, 0.1) is 6.92 Å². The molecule has 0 aliphatic rings. The molecule has 4 heteroatoms. The van der Waals surface area contributed by atoms with Gasteiger partial charge in [-0.2, -0.15) is 0 Å². The number of aryl methyl sites for hydroxylation is 1. The highest BCUT2D eigenvalue weighted by atomic mass is 16.3. The topological polar surface area (TPSA) is 50.9 Å². The van der Waals surface area contributed by atoms with Gasteiger partial charge in [0.1, 0.15) is 11.6 Å². The van der Waals surface area contributed by atoms with Crippen molar-refractivity contribution in [2.45, 2.75) is 59.3 Å². The number of hydrogen-bond donors (Lipinski definition) is 1. The lowest BCUT2D eigenvalue weighted by molar-refractivity contribution is 0.446. The van der Waals surface area contributed by atoms with Crippen molar-refractivity contribution in [3.8, 4) is 56.3 Å². The van der Waals surface area contributed by atoms with Gasteiger partial charge < -0.3 is 5.11 Å². The fraction of sp³-hybridized carbons (Fsp3) is 0.200. The molecule has 0 aliphatic heterocycles. The van der Waals surface area contributed by atoms with Crippen LogP contribution in [-0.4, -0.2) is 19.6 Å². The van der Waals surface area contributed by atoms with Crippen molar-refractivity contribution in [1.29, 1.82) is 0 Å². The SMILES string of the molecule is Cc1cc(-c2ccccn2)cc(-c2cccc3c2nc(-c2cc(C(C)(C)C)cc(C(C)(C)C)c2O)n3-c2ccccc2-c2ccccc2)c1. The second-order valence-corrected chi connectivity index (χ2v) is 15.0. The second-order valence-electron chi connectivity index (χ2n) is 15.0. The van der Waals surface area contributed by atoms with Gasteiger partial charge in [-0.25, -0.2) is 4.98 Å². The molecule has 0 atom stereocenters. The Morgan fingerprint density at radius 2 is 1.29 bits per heavy atom. The standard InChI is InChI=1S/C45H43N3O/c1-29-24-31(26-32(25-29)38-20-13-14-23-46-38)35-19-15-22-40-41(35)47-43(36-27-33(44(2,3)4)28-37(42(36)49)45(5,6)7)48(40)39-21-12-11-18-34(39)30-16-9-8-10-17-30/h8-28,49H,1-7H3. The van der Waals surface area contributed by atoms with Crippen LogP contribution in [0.4, 0.5) is 0 Å². The van der Waals surface area contributed by atoms with E-state index in [0.29, 0.717) is 5.82 Å². The van der Waals surface area contributed by atoms with Gasteiger partial charge in [-0.1, -0.05) is 120 Å². The molecule has 0 amide bonds. The van der Waals surface area contributed by atoms with E-state index >= 15 is 0 Å². The van der Waals surface area contributed by atoms with E-state index in [9.17, 15) is 5.11 Å². The highest BCUT2D eigenvalue weighted by Crippen LogP contribution is 2.45. The Morgan fingerprint density at radius 1 is 0.592 bits per heavy atom. The molecule has 0 saturated heterocycles. The van der Waals surface area contributed by atoms with Crippen LogP contribution < -0.4 is 0 Å². The lowest BCUT2D eigenvalue weighted by atomic mass is 9.79. The van der Waals surface area contributed by atoms with Gasteiger partial charge in [-0.3, -0.25) is 9.55 Å². The van der Waals surface area contributed by atoms with Gasteiger partial charge in [0.2, 0.25) is 0 Å². The number of phenolic OH excluding ortho intramolecular Hbond substituents is 1. The normalized spacial score (nSPS) is 12.1. The van der Waals surface area contributed by atoms with E-state index in [1.807, 2.05) is 30.5 Å². The second kappa shape index (κ2) is 12.2. The van der Waals surface area contributed by atoms with Gasteiger partial charge in [0, 0.05) is 28.5 Å². The summed E-state index contributed by atoms with van der Waals surface area (Å²) < 4.78 is 2.24.